The zero-order chi connectivity index (χ0) is 9.31. The Morgan fingerprint density at radius 1 is 1.54 bits per heavy atom. The van der Waals surface area contributed by atoms with E-state index in [-0.39, 0.29) is 5.54 Å². The van der Waals surface area contributed by atoms with Gasteiger partial charge < -0.3 is 11.1 Å². The highest BCUT2D eigenvalue weighted by Gasteiger charge is 2.36. The molecule has 0 bridgehead atoms. The molecule has 13 heavy (non-hydrogen) atoms. The third-order valence-electron chi connectivity index (χ3n) is 2.74. The molecule has 0 radical (unpaired) electrons. The van der Waals surface area contributed by atoms with Crippen molar-refractivity contribution in [1.29, 1.82) is 0 Å². The van der Waals surface area contributed by atoms with Crippen LogP contribution < -0.4 is 11.1 Å². The van der Waals surface area contributed by atoms with Gasteiger partial charge in [-0.2, -0.15) is 0 Å². The number of hydrogen-bond donors (Lipinski definition) is 2. The van der Waals surface area contributed by atoms with Crippen LogP contribution in [0.4, 0.5) is 0 Å². The first-order valence-corrected chi connectivity index (χ1v) is 5.27. The fourth-order valence-electron chi connectivity index (χ4n) is 1.75. The molecular weight excluding hydrogens is 228 g/mol. The summed E-state index contributed by atoms with van der Waals surface area (Å²) in [5, 5.41) is 3.41. The Labute approximate surface area is 86.6 Å². The summed E-state index contributed by atoms with van der Waals surface area (Å²) in [4.78, 5) is 0. The van der Waals surface area contributed by atoms with Crippen molar-refractivity contribution in [3.05, 3.63) is 34.3 Å². The van der Waals surface area contributed by atoms with Crippen LogP contribution in [-0.4, -0.2) is 13.1 Å². The quantitative estimate of drug-likeness (QED) is 0.825. The standard InChI is InChI=1S/C10H13BrN2/c11-9-3-1-2-8(6-9)10(7-12)4-5-13-10/h1-3,6,13H,4-5,7,12H2. The lowest BCUT2D eigenvalue weighted by Crippen LogP contribution is -2.58. The summed E-state index contributed by atoms with van der Waals surface area (Å²) in [7, 11) is 0. The first kappa shape index (κ1) is 9.19. The lowest BCUT2D eigenvalue weighted by molar-refractivity contribution is 0.219. The van der Waals surface area contributed by atoms with E-state index < -0.39 is 0 Å². The van der Waals surface area contributed by atoms with Gasteiger partial charge in [0.2, 0.25) is 0 Å². The van der Waals surface area contributed by atoms with E-state index in [0.29, 0.717) is 6.54 Å². The molecule has 1 aliphatic heterocycles. The smallest absolute Gasteiger partial charge is 0.0571 e. The van der Waals surface area contributed by atoms with E-state index in [2.05, 4.69) is 39.4 Å². The van der Waals surface area contributed by atoms with Crippen molar-refractivity contribution in [2.45, 2.75) is 12.0 Å². The van der Waals surface area contributed by atoms with Gasteiger partial charge in [-0.15, -0.1) is 0 Å². The van der Waals surface area contributed by atoms with Crippen LogP contribution in [0.5, 0.6) is 0 Å². The number of nitrogens with one attached hydrogen (secondary N) is 1. The summed E-state index contributed by atoms with van der Waals surface area (Å²) >= 11 is 3.47. The van der Waals surface area contributed by atoms with Crippen molar-refractivity contribution in [3.8, 4) is 0 Å². The van der Waals surface area contributed by atoms with Crippen LogP contribution in [0.25, 0.3) is 0 Å². The molecule has 1 aliphatic rings. The van der Waals surface area contributed by atoms with Crippen LogP contribution in [-0.2, 0) is 5.54 Å². The van der Waals surface area contributed by atoms with Crippen LogP contribution in [0.2, 0.25) is 0 Å². The summed E-state index contributed by atoms with van der Waals surface area (Å²) < 4.78 is 1.12. The lowest BCUT2D eigenvalue weighted by Gasteiger charge is -2.43. The van der Waals surface area contributed by atoms with Gasteiger partial charge >= 0.3 is 0 Å². The average molecular weight is 241 g/mol. The van der Waals surface area contributed by atoms with Crippen molar-refractivity contribution in [2.24, 2.45) is 5.73 Å². The second-order valence-electron chi connectivity index (χ2n) is 3.47. The Hall–Kier alpha value is -0.380. The molecule has 0 aliphatic carbocycles. The molecule has 1 unspecified atom stereocenters. The fourth-order valence-corrected chi connectivity index (χ4v) is 2.15. The van der Waals surface area contributed by atoms with Gasteiger partial charge in [0.05, 0.1) is 5.54 Å². The summed E-state index contributed by atoms with van der Waals surface area (Å²) in [5.74, 6) is 0. The molecule has 1 heterocycles. The Morgan fingerprint density at radius 2 is 2.31 bits per heavy atom. The van der Waals surface area contributed by atoms with Crippen molar-refractivity contribution >= 4 is 15.9 Å². The molecule has 0 aromatic heterocycles. The van der Waals surface area contributed by atoms with Gasteiger partial charge in [-0.25, -0.2) is 0 Å². The average Bonchev–Trinajstić information content (AvgIpc) is 2.03. The molecule has 1 aromatic rings. The minimum absolute atomic E-state index is 0.0454. The summed E-state index contributed by atoms with van der Waals surface area (Å²) in [6, 6.07) is 8.35. The van der Waals surface area contributed by atoms with Gasteiger partial charge in [0.1, 0.15) is 0 Å². The summed E-state index contributed by atoms with van der Waals surface area (Å²) in [6.07, 6.45) is 1.14. The molecule has 0 saturated carbocycles. The molecule has 2 rings (SSSR count). The van der Waals surface area contributed by atoms with Crippen molar-refractivity contribution < 1.29 is 0 Å². The molecule has 70 valence electrons. The number of halogens is 1. The zero-order valence-corrected chi connectivity index (χ0v) is 8.97. The Balaban J connectivity index is 2.33. The van der Waals surface area contributed by atoms with E-state index in [4.69, 9.17) is 5.73 Å². The maximum atomic E-state index is 5.77. The predicted octanol–water partition coefficient (Wildman–Crippen LogP) is 1.60. The van der Waals surface area contributed by atoms with Gasteiger partial charge in [-0.05, 0) is 30.7 Å². The summed E-state index contributed by atoms with van der Waals surface area (Å²) in [6.45, 7) is 1.74. The van der Waals surface area contributed by atoms with Gasteiger partial charge in [0.15, 0.2) is 0 Å². The van der Waals surface area contributed by atoms with E-state index in [9.17, 15) is 0 Å². The minimum Gasteiger partial charge on any atom is -0.328 e. The van der Waals surface area contributed by atoms with E-state index in [1.807, 2.05) is 6.07 Å². The molecule has 2 nitrogen and oxygen atoms in total. The van der Waals surface area contributed by atoms with Crippen LogP contribution in [0.3, 0.4) is 0 Å². The topological polar surface area (TPSA) is 38.0 Å². The molecule has 1 fully saturated rings. The first-order valence-electron chi connectivity index (χ1n) is 4.48. The van der Waals surface area contributed by atoms with Crippen LogP contribution in [0.1, 0.15) is 12.0 Å². The molecule has 1 saturated heterocycles. The van der Waals surface area contributed by atoms with Gasteiger partial charge in [0.25, 0.3) is 0 Å². The van der Waals surface area contributed by atoms with Gasteiger partial charge in [0, 0.05) is 11.0 Å². The largest absolute Gasteiger partial charge is 0.328 e. The van der Waals surface area contributed by atoms with Crippen LogP contribution in [0, 0.1) is 0 Å². The highest BCUT2D eigenvalue weighted by atomic mass is 79.9. The minimum atomic E-state index is 0.0454. The number of rotatable bonds is 2. The van der Waals surface area contributed by atoms with Gasteiger partial charge in [-0.1, -0.05) is 28.1 Å². The molecule has 1 atom stereocenters. The van der Waals surface area contributed by atoms with E-state index >= 15 is 0 Å². The number of benzene rings is 1. The van der Waals surface area contributed by atoms with Crippen molar-refractivity contribution in [1.82, 2.24) is 5.32 Å². The molecule has 3 heteroatoms. The zero-order valence-electron chi connectivity index (χ0n) is 7.39. The van der Waals surface area contributed by atoms with Crippen molar-refractivity contribution in [2.75, 3.05) is 13.1 Å². The maximum absolute atomic E-state index is 5.77. The number of nitrogens with two attached hydrogens (primary N) is 1. The van der Waals surface area contributed by atoms with E-state index in [0.717, 1.165) is 17.4 Å². The summed E-state index contributed by atoms with van der Waals surface area (Å²) in [5.41, 5.74) is 7.11. The molecule has 0 amide bonds. The third kappa shape index (κ3) is 1.52. The Kier molecular flexibility index (Phi) is 2.41. The third-order valence-corrected chi connectivity index (χ3v) is 3.23. The normalized spacial score (nSPS) is 26.9. The van der Waals surface area contributed by atoms with E-state index in [1.165, 1.54) is 5.56 Å². The maximum Gasteiger partial charge on any atom is 0.0571 e. The fraction of sp³-hybridized carbons (Fsp3) is 0.400. The van der Waals surface area contributed by atoms with Crippen molar-refractivity contribution in [3.63, 3.8) is 0 Å². The monoisotopic (exact) mass is 240 g/mol. The van der Waals surface area contributed by atoms with Crippen LogP contribution in [0.15, 0.2) is 28.7 Å². The first-order chi connectivity index (χ1) is 6.27. The highest BCUT2D eigenvalue weighted by Crippen LogP contribution is 2.31. The van der Waals surface area contributed by atoms with Crippen LogP contribution >= 0.6 is 15.9 Å². The number of hydrogen-bond acceptors (Lipinski definition) is 2. The molecular formula is C10H13BrN2. The highest BCUT2D eigenvalue weighted by molar-refractivity contribution is 9.10. The van der Waals surface area contributed by atoms with E-state index in [1.54, 1.807) is 0 Å². The Bertz CT molecular complexity index is 302. The Morgan fingerprint density at radius 3 is 2.77 bits per heavy atom. The van der Waals surface area contributed by atoms with Gasteiger partial charge in [-0.3, -0.25) is 0 Å². The second kappa shape index (κ2) is 3.40. The lowest BCUT2D eigenvalue weighted by atomic mass is 9.81. The molecule has 0 spiro atoms. The SMILES string of the molecule is NCC1(c2cccc(Br)c2)CCN1. The molecule has 1 aromatic carbocycles. The predicted molar refractivity (Wildman–Crippen MR) is 57.5 cm³/mol. The second-order valence-corrected chi connectivity index (χ2v) is 4.39. The molecule has 3 N–H and O–H groups in total.